The molecular formula is C16H17BrO3. The fourth-order valence-electron chi connectivity index (χ4n) is 1.86. The predicted molar refractivity (Wildman–Crippen MR) is 82.1 cm³/mol. The van der Waals surface area contributed by atoms with Gasteiger partial charge in [0.2, 0.25) is 0 Å². The topological polar surface area (TPSA) is 38.7 Å². The van der Waals surface area contributed by atoms with Crippen LogP contribution in [0.2, 0.25) is 0 Å². The van der Waals surface area contributed by atoms with Gasteiger partial charge >= 0.3 is 0 Å². The molecule has 0 saturated heterocycles. The number of benzene rings is 2. The third-order valence-corrected chi connectivity index (χ3v) is 3.47. The number of ether oxygens (including phenoxy) is 2. The van der Waals surface area contributed by atoms with Crippen LogP contribution in [0.15, 0.2) is 46.9 Å². The van der Waals surface area contributed by atoms with Crippen molar-refractivity contribution < 1.29 is 14.6 Å². The summed E-state index contributed by atoms with van der Waals surface area (Å²) in [4.78, 5) is 0. The molecule has 0 bridgehead atoms. The highest BCUT2D eigenvalue weighted by atomic mass is 79.9. The Morgan fingerprint density at radius 3 is 2.45 bits per heavy atom. The highest BCUT2D eigenvalue weighted by Gasteiger charge is 2.10. The Balaban J connectivity index is 2.10. The van der Waals surface area contributed by atoms with Crippen molar-refractivity contribution in [1.82, 2.24) is 0 Å². The van der Waals surface area contributed by atoms with Crippen LogP contribution < -0.4 is 9.47 Å². The van der Waals surface area contributed by atoms with Crippen molar-refractivity contribution in [2.75, 3.05) is 7.11 Å². The molecule has 0 spiro atoms. The van der Waals surface area contributed by atoms with Gasteiger partial charge in [-0.3, -0.25) is 0 Å². The van der Waals surface area contributed by atoms with E-state index < -0.39 is 6.10 Å². The maximum Gasteiger partial charge on any atom is 0.125 e. The normalized spacial score (nSPS) is 12.0. The van der Waals surface area contributed by atoms with E-state index in [1.807, 2.05) is 42.5 Å². The predicted octanol–water partition coefficient (Wildman–Crippen LogP) is 4.09. The largest absolute Gasteiger partial charge is 0.497 e. The fourth-order valence-corrected chi connectivity index (χ4v) is 2.24. The number of hydrogen-bond acceptors (Lipinski definition) is 3. The maximum absolute atomic E-state index is 9.78. The van der Waals surface area contributed by atoms with Crippen LogP contribution >= 0.6 is 15.9 Å². The van der Waals surface area contributed by atoms with Crippen LogP contribution in [0.1, 0.15) is 24.2 Å². The number of hydrogen-bond donors (Lipinski definition) is 1. The monoisotopic (exact) mass is 336 g/mol. The van der Waals surface area contributed by atoms with E-state index in [0.717, 1.165) is 21.3 Å². The molecule has 2 aromatic carbocycles. The van der Waals surface area contributed by atoms with E-state index in [4.69, 9.17) is 9.47 Å². The Hall–Kier alpha value is -1.52. The summed E-state index contributed by atoms with van der Waals surface area (Å²) in [6, 6.07) is 13.3. The number of aliphatic hydroxyl groups is 1. The highest BCUT2D eigenvalue weighted by molar-refractivity contribution is 9.10. The molecule has 4 heteroatoms. The van der Waals surface area contributed by atoms with Crippen molar-refractivity contribution in [3.63, 3.8) is 0 Å². The third kappa shape index (κ3) is 3.74. The lowest BCUT2D eigenvalue weighted by Gasteiger charge is -2.14. The summed E-state index contributed by atoms with van der Waals surface area (Å²) < 4.78 is 11.8. The molecule has 0 saturated carbocycles. The van der Waals surface area contributed by atoms with Crippen LogP contribution in [0.3, 0.4) is 0 Å². The number of aliphatic hydroxyl groups excluding tert-OH is 1. The molecule has 0 aliphatic heterocycles. The lowest BCUT2D eigenvalue weighted by molar-refractivity contribution is 0.190. The number of methoxy groups -OCH3 is 1. The van der Waals surface area contributed by atoms with Crippen molar-refractivity contribution >= 4 is 15.9 Å². The molecule has 0 aromatic heterocycles. The quantitative estimate of drug-likeness (QED) is 0.893. The van der Waals surface area contributed by atoms with Gasteiger partial charge in [-0.25, -0.2) is 0 Å². The van der Waals surface area contributed by atoms with E-state index in [0.29, 0.717) is 12.4 Å². The summed E-state index contributed by atoms with van der Waals surface area (Å²) >= 11 is 3.40. The van der Waals surface area contributed by atoms with Gasteiger partial charge in [0.25, 0.3) is 0 Å². The molecule has 0 heterocycles. The zero-order chi connectivity index (χ0) is 14.5. The standard InChI is InChI=1S/C16H17BrO3/c1-11(18)15-9-13(17)5-8-16(15)20-10-12-3-6-14(19-2)7-4-12/h3-9,11,18H,10H2,1-2H3. The molecule has 106 valence electrons. The summed E-state index contributed by atoms with van der Waals surface area (Å²) in [6.45, 7) is 2.17. The molecule has 1 unspecified atom stereocenters. The van der Waals surface area contributed by atoms with E-state index >= 15 is 0 Å². The van der Waals surface area contributed by atoms with Crippen LogP contribution in [0.25, 0.3) is 0 Å². The molecule has 1 atom stereocenters. The Kier molecular flexibility index (Phi) is 5.04. The smallest absolute Gasteiger partial charge is 0.125 e. The van der Waals surface area contributed by atoms with Crippen LogP contribution in [-0.2, 0) is 6.61 Å². The SMILES string of the molecule is COc1ccc(COc2ccc(Br)cc2C(C)O)cc1. The molecule has 3 nitrogen and oxygen atoms in total. The van der Waals surface area contributed by atoms with Gasteiger partial charge in [-0.05, 0) is 42.8 Å². The van der Waals surface area contributed by atoms with Crippen LogP contribution in [-0.4, -0.2) is 12.2 Å². The average molecular weight is 337 g/mol. The zero-order valence-electron chi connectivity index (χ0n) is 11.5. The zero-order valence-corrected chi connectivity index (χ0v) is 13.1. The molecule has 2 rings (SSSR count). The number of rotatable bonds is 5. The summed E-state index contributed by atoms with van der Waals surface area (Å²) in [5, 5.41) is 9.78. The molecule has 0 fully saturated rings. The van der Waals surface area contributed by atoms with Crippen molar-refractivity contribution in [3.8, 4) is 11.5 Å². The van der Waals surface area contributed by atoms with E-state index in [1.165, 1.54) is 0 Å². The minimum Gasteiger partial charge on any atom is -0.497 e. The summed E-state index contributed by atoms with van der Waals surface area (Å²) in [5.74, 6) is 1.51. The first-order valence-electron chi connectivity index (χ1n) is 6.33. The Morgan fingerprint density at radius 2 is 1.85 bits per heavy atom. The summed E-state index contributed by atoms with van der Waals surface area (Å²) in [6.07, 6.45) is -0.571. The molecular weight excluding hydrogens is 320 g/mol. The molecule has 0 radical (unpaired) electrons. The van der Waals surface area contributed by atoms with Gasteiger partial charge in [-0.2, -0.15) is 0 Å². The van der Waals surface area contributed by atoms with Gasteiger partial charge in [0.1, 0.15) is 18.1 Å². The average Bonchev–Trinajstić information content (AvgIpc) is 2.46. The second kappa shape index (κ2) is 6.77. The van der Waals surface area contributed by atoms with Crippen LogP contribution in [0.5, 0.6) is 11.5 Å². The first kappa shape index (κ1) is 14.9. The van der Waals surface area contributed by atoms with E-state index in [2.05, 4.69) is 15.9 Å². The number of halogens is 1. The van der Waals surface area contributed by atoms with Gasteiger partial charge in [0, 0.05) is 10.0 Å². The fraction of sp³-hybridized carbons (Fsp3) is 0.250. The first-order chi connectivity index (χ1) is 9.60. The molecule has 0 aliphatic carbocycles. The van der Waals surface area contributed by atoms with Crippen molar-refractivity contribution in [1.29, 1.82) is 0 Å². The molecule has 1 N–H and O–H groups in total. The van der Waals surface area contributed by atoms with Crippen LogP contribution in [0.4, 0.5) is 0 Å². The van der Waals surface area contributed by atoms with Crippen molar-refractivity contribution in [2.24, 2.45) is 0 Å². The Labute approximate surface area is 127 Å². The molecule has 0 aliphatic rings. The summed E-state index contributed by atoms with van der Waals surface area (Å²) in [5.41, 5.74) is 1.82. The van der Waals surface area contributed by atoms with Crippen LogP contribution in [0, 0.1) is 0 Å². The van der Waals surface area contributed by atoms with Gasteiger partial charge in [0.15, 0.2) is 0 Å². The molecule has 20 heavy (non-hydrogen) atoms. The second-order valence-electron chi connectivity index (χ2n) is 4.49. The Morgan fingerprint density at radius 1 is 1.15 bits per heavy atom. The van der Waals surface area contributed by atoms with E-state index in [9.17, 15) is 5.11 Å². The lowest BCUT2D eigenvalue weighted by atomic mass is 10.1. The summed E-state index contributed by atoms with van der Waals surface area (Å²) in [7, 11) is 1.64. The van der Waals surface area contributed by atoms with E-state index in [1.54, 1.807) is 14.0 Å². The first-order valence-corrected chi connectivity index (χ1v) is 7.12. The lowest BCUT2D eigenvalue weighted by Crippen LogP contribution is -2.01. The van der Waals surface area contributed by atoms with Crippen molar-refractivity contribution in [3.05, 3.63) is 58.1 Å². The minimum atomic E-state index is -0.571. The van der Waals surface area contributed by atoms with Gasteiger partial charge in [-0.1, -0.05) is 28.1 Å². The molecule has 2 aromatic rings. The van der Waals surface area contributed by atoms with Gasteiger partial charge in [0.05, 0.1) is 13.2 Å². The highest BCUT2D eigenvalue weighted by Crippen LogP contribution is 2.29. The maximum atomic E-state index is 9.78. The minimum absolute atomic E-state index is 0.450. The van der Waals surface area contributed by atoms with Crippen molar-refractivity contribution in [2.45, 2.75) is 19.6 Å². The molecule has 0 amide bonds. The van der Waals surface area contributed by atoms with E-state index in [-0.39, 0.29) is 0 Å². The van der Waals surface area contributed by atoms with Gasteiger partial charge in [-0.15, -0.1) is 0 Å². The Bertz CT molecular complexity index is 564. The second-order valence-corrected chi connectivity index (χ2v) is 5.41. The third-order valence-electron chi connectivity index (χ3n) is 2.98. The van der Waals surface area contributed by atoms with Gasteiger partial charge < -0.3 is 14.6 Å².